The molecule has 0 spiro atoms. The van der Waals surface area contributed by atoms with Crippen LogP contribution in [0.1, 0.15) is 6.92 Å². The van der Waals surface area contributed by atoms with Crippen LogP contribution in [-0.4, -0.2) is 52.8 Å². The maximum Gasteiger partial charge on any atom is 0.228 e. The monoisotopic (exact) mass is 393 g/mol. The van der Waals surface area contributed by atoms with Gasteiger partial charge in [-0.1, -0.05) is 0 Å². The lowest BCUT2D eigenvalue weighted by molar-refractivity contribution is 0.122. The SMILES string of the molecule is CCOc1cc(Nc2cc(-c3ccc(N)nc3)nc(N3CCOCC3)n2)ccn1. The number of nitrogens with one attached hydrogen (secondary N) is 1. The Morgan fingerprint density at radius 3 is 2.76 bits per heavy atom. The average Bonchev–Trinajstić information content (AvgIpc) is 2.75. The van der Waals surface area contributed by atoms with E-state index < -0.39 is 0 Å². The number of nitrogens with two attached hydrogens (primary N) is 1. The molecule has 1 saturated heterocycles. The number of ether oxygens (including phenoxy) is 2. The third kappa shape index (κ3) is 4.69. The number of hydrogen-bond acceptors (Lipinski definition) is 9. The minimum Gasteiger partial charge on any atom is -0.478 e. The first-order chi connectivity index (χ1) is 14.2. The first-order valence-electron chi connectivity index (χ1n) is 9.51. The van der Waals surface area contributed by atoms with Gasteiger partial charge in [0.05, 0.1) is 25.5 Å². The van der Waals surface area contributed by atoms with E-state index in [9.17, 15) is 0 Å². The molecule has 9 heteroatoms. The van der Waals surface area contributed by atoms with Gasteiger partial charge in [0, 0.05) is 48.9 Å². The van der Waals surface area contributed by atoms with Crippen LogP contribution in [0.25, 0.3) is 11.3 Å². The van der Waals surface area contributed by atoms with Crippen molar-refractivity contribution < 1.29 is 9.47 Å². The molecule has 0 amide bonds. The van der Waals surface area contributed by atoms with Gasteiger partial charge in [-0.2, -0.15) is 4.98 Å². The largest absolute Gasteiger partial charge is 0.478 e. The number of anilines is 4. The molecule has 0 aromatic carbocycles. The Morgan fingerprint density at radius 1 is 1.14 bits per heavy atom. The molecule has 1 aliphatic heterocycles. The van der Waals surface area contributed by atoms with E-state index in [1.807, 2.05) is 31.2 Å². The van der Waals surface area contributed by atoms with Gasteiger partial charge < -0.3 is 25.4 Å². The van der Waals surface area contributed by atoms with Crippen LogP contribution < -0.4 is 20.7 Å². The van der Waals surface area contributed by atoms with Crippen LogP contribution in [0.15, 0.2) is 42.7 Å². The van der Waals surface area contributed by atoms with Crippen molar-refractivity contribution >= 4 is 23.3 Å². The number of pyridine rings is 2. The number of morpholine rings is 1. The Labute approximate surface area is 168 Å². The van der Waals surface area contributed by atoms with Crippen LogP contribution in [0.3, 0.4) is 0 Å². The molecule has 0 saturated carbocycles. The first kappa shape index (κ1) is 18.9. The van der Waals surface area contributed by atoms with Crippen LogP contribution >= 0.6 is 0 Å². The van der Waals surface area contributed by atoms with E-state index in [0.717, 1.165) is 30.0 Å². The fourth-order valence-electron chi connectivity index (χ4n) is 2.97. The number of aromatic nitrogens is 4. The summed E-state index contributed by atoms with van der Waals surface area (Å²) in [5.41, 5.74) is 8.18. The zero-order valence-electron chi connectivity index (χ0n) is 16.2. The van der Waals surface area contributed by atoms with Gasteiger partial charge >= 0.3 is 0 Å². The van der Waals surface area contributed by atoms with Gasteiger partial charge in [-0.15, -0.1) is 0 Å². The van der Waals surface area contributed by atoms with Gasteiger partial charge in [-0.3, -0.25) is 0 Å². The predicted molar refractivity (Wildman–Crippen MR) is 111 cm³/mol. The molecule has 1 aliphatic rings. The summed E-state index contributed by atoms with van der Waals surface area (Å²) in [7, 11) is 0. The quantitative estimate of drug-likeness (QED) is 0.652. The second-order valence-corrected chi connectivity index (χ2v) is 6.45. The van der Waals surface area contributed by atoms with E-state index in [0.29, 0.717) is 43.3 Å². The molecule has 0 aliphatic carbocycles. The molecule has 0 radical (unpaired) electrons. The van der Waals surface area contributed by atoms with E-state index in [1.165, 1.54) is 0 Å². The van der Waals surface area contributed by atoms with Crippen molar-refractivity contribution in [2.75, 3.05) is 48.9 Å². The maximum absolute atomic E-state index is 5.73. The molecule has 3 N–H and O–H groups in total. The van der Waals surface area contributed by atoms with E-state index in [-0.39, 0.29) is 0 Å². The highest BCUT2D eigenvalue weighted by atomic mass is 16.5. The molecule has 3 aromatic heterocycles. The van der Waals surface area contributed by atoms with Gasteiger partial charge in [0.2, 0.25) is 11.8 Å². The Morgan fingerprint density at radius 2 is 2.00 bits per heavy atom. The van der Waals surface area contributed by atoms with Crippen LogP contribution in [0.2, 0.25) is 0 Å². The Hall–Kier alpha value is -3.46. The lowest BCUT2D eigenvalue weighted by atomic mass is 10.2. The number of hydrogen-bond donors (Lipinski definition) is 2. The van der Waals surface area contributed by atoms with Crippen molar-refractivity contribution in [3.8, 4) is 17.1 Å². The molecule has 4 rings (SSSR count). The normalized spacial score (nSPS) is 13.9. The molecular weight excluding hydrogens is 370 g/mol. The summed E-state index contributed by atoms with van der Waals surface area (Å²) in [5, 5.41) is 3.33. The van der Waals surface area contributed by atoms with Gasteiger partial charge in [-0.05, 0) is 25.1 Å². The summed E-state index contributed by atoms with van der Waals surface area (Å²) in [6, 6.07) is 9.25. The smallest absolute Gasteiger partial charge is 0.228 e. The summed E-state index contributed by atoms with van der Waals surface area (Å²) < 4.78 is 10.9. The lowest BCUT2D eigenvalue weighted by Crippen LogP contribution is -2.37. The summed E-state index contributed by atoms with van der Waals surface area (Å²) in [6.07, 6.45) is 3.41. The molecule has 4 heterocycles. The van der Waals surface area contributed by atoms with Crippen molar-refractivity contribution in [3.63, 3.8) is 0 Å². The van der Waals surface area contributed by atoms with E-state index in [1.54, 1.807) is 18.5 Å². The zero-order valence-corrected chi connectivity index (χ0v) is 16.2. The van der Waals surface area contributed by atoms with Gasteiger partial charge in [-0.25, -0.2) is 15.0 Å². The first-order valence-corrected chi connectivity index (χ1v) is 9.51. The lowest BCUT2D eigenvalue weighted by Gasteiger charge is -2.27. The fourth-order valence-corrected chi connectivity index (χ4v) is 2.97. The van der Waals surface area contributed by atoms with E-state index in [4.69, 9.17) is 25.2 Å². The van der Waals surface area contributed by atoms with Crippen molar-refractivity contribution in [3.05, 3.63) is 42.7 Å². The molecule has 0 bridgehead atoms. The van der Waals surface area contributed by atoms with Crippen LogP contribution in [0, 0.1) is 0 Å². The number of nitrogens with zero attached hydrogens (tertiary/aromatic N) is 5. The molecule has 9 nitrogen and oxygen atoms in total. The number of nitrogen functional groups attached to an aromatic ring is 1. The van der Waals surface area contributed by atoms with Gasteiger partial charge in [0.1, 0.15) is 11.6 Å². The molecule has 29 heavy (non-hydrogen) atoms. The summed E-state index contributed by atoms with van der Waals surface area (Å²) in [4.78, 5) is 20.0. The highest BCUT2D eigenvalue weighted by molar-refractivity contribution is 5.67. The minimum absolute atomic E-state index is 0.467. The van der Waals surface area contributed by atoms with E-state index >= 15 is 0 Å². The summed E-state index contributed by atoms with van der Waals surface area (Å²) >= 11 is 0. The molecule has 0 unspecified atom stereocenters. The number of rotatable bonds is 6. The fraction of sp³-hybridized carbons (Fsp3) is 0.300. The van der Waals surface area contributed by atoms with Crippen molar-refractivity contribution in [1.82, 2.24) is 19.9 Å². The third-order valence-corrected chi connectivity index (χ3v) is 4.39. The van der Waals surface area contributed by atoms with Gasteiger partial charge in [0.15, 0.2) is 0 Å². The molecule has 1 fully saturated rings. The van der Waals surface area contributed by atoms with Crippen molar-refractivity contribution in [1.29, 1.82) is 0 Å². The Bertz CT molecular complexity index is 959. The zero-order chi connectivity index (χ0) is 20.1. The highest BCUT2D eigenvalue weighted by Crippen LogP contribution is 2.26. The Balaban J connectivity index is 1.69. The predicted octanol–water partition coefficient (Wildman–Crippen LogP) is 2.49. The van der Waals surface area contributed by atoms with Crippen molar-refractivity contribution in [2.24, 2.45) is 0 Å². The standard InChI is InChI=1S/C20H23N7O2/c1-2-29-19-11-15(5-6-22-19)24-18-12-16(14-3-4-17(21)23-13-14)25-20(26-18)27-7-9-28-10-8-27/h3-6,11-13H,2,7-10H2,1H3,(H2,21,23)(H,22,24,25,26). The van der Waals surface area contributed by atoms with Crippen LogP contribution in [0.5, 0.6) is 5.88 Å². The minimum atomic E-state index is 0.467. The second kappa shape index (κ2) is 8.70. The van der Waals surface area contributed by atoms with Crippen LogP contribution in [0.4, 0.5) is 23.3 Å². The second-order valence-electron chi connectivity index (χ2n) is 6.45. The molecule has 3 aromatic rings. The highest BCUT2D eigenvalue weighted by Gasteiger charge is 2.17. The Kier molecular flexibility index (Phi) is 5.66. The summed E-state index contributed by atoms with van der Waals surface area (Å²) in [5.74, 6) is 2.34. The third-order valence-electron chi connectivity index (χ3n) is 4.39. The molecular formula is C20H23N7O2. The molecule has 0 atom stereocenters. The summed E-state index contributed by atoms with van der Waals surface area (Å²) in [6.45, 7) is 5.27. The topological polar surface area (TPSA) is 111 Å². The van der Waals surface area contributed by atoms with Gasteiger partial charge in [0.25, 0.3) is 0 Å². The average molecular weight is 393 g/mol. The van der Waals surface area contributed by atoms with Crippen molar-refractivity contribution in [2.45, 2.75) is 6.92 Å². The molecule has 150 valence electrons. The maximum atomic E-state index is 5.73. The van der Waals surface area contributed by atoms with E-state index in [2.05, 4.69) is 20.2 Å². The van der Waals surface area contributed by atoms with Crippen LogP contribution in [-0.2, 0) is 4.74 Å².